The molecule has 0 amide bonds. The summed E-state index contributed by atoms with van der Waals surface area (Å²) in [7, 11) is 0. The van der Waals surface area contributed by atoms with E-state index in [0.717, 1.165) is 18.8 Å². The van der Waals surface area contributed by atoms with Crippen LogP contribution >= 0.6 is 0 Å². The molecule has 1 atom stereocenters. The summed E-state index contributed by atoms with van der Waals surface area (Å²) in [6.45, 7) is 0.643. The highest BCUT2D eigenvalue weighted by Crippen LogP contribution is 2.31. The van der Waals surface area contributed by atoms with Crippen LogP contribution < -0.4 is 5.73 Å². The first kappa shape index (κ1) is 11.5. The van der Waals surface area contributed by atoms with Crippen molar-refractivity contribution in [3.05, 3.63) is 0 Å². The Hall–Kier alpha value is -0.570. The average molecular weight is 199 g/mol. The van der Waals surface area contributed by atoms with Gasteiger partial charge in [0, 0.05) is 6.42 Å². The molecule has 0 radical (unpaired) electrons. The number of carboxylic acid groups (broad SMARTS) is 1. The zero-order valence-corrected chi connectivity index (χ0v) is 8.74. The average Bonchev–Trinajstić information content (AvgIpc) is 2.64. The van der Waals surface area contributed by atoms with Crippen LogP contribution in [0, 0.1) is 11.8 Å². The number of rotatable bonds is 6. The predicted molar refractivity (Wildman–Crippen MR) is 56.0 cm³/mol. The quantitative estimate of drug-likeness (QED) is 0.687. The largest absolute Gasteiger partial charge is 0.481 e. The Bertz CT molecular complexity index is 176. The predicted octanol–water partition coefficient (Wildman–Crippen LogP) is 2.01. The van der Waals surface area contributed by atoms with Crippen molar-refractivity contribution < 1.29 is 9.90 Å². The Morgan fingerprint density at radius 3 is 2.57 bits per heavy atom. The Morgan fingerprint density at radius 2 is 2.07 bits per heavy atom. The molecule has 82 valence electrons. The number of aliphatic carboxylic acids is 1. The molecule has 0 aromatic heterocycles. The number of carboxylic acids is 1. The van der Waals surface area contributed by atoms with E-state index in [0.29, 0.717) is 12.5 Å². The fourth-order valence-electron chi connectivity index (χ4n) is 2.38. The van der Waals surface area contributed by atoms with Crippen LogP contribution in [0.2, 0.25) is 0 Å². The van der Waals surface area contributed by atoms with E-state index in [1.807, 2.05) is 0 Å². The molecule has 3 heteroatoms. The SMILES string of the molecule is NCC(CCC(=O)O)CC1CCCC1. The first-order valence-electron chi connectivity index (χ1n) is 5.64. The highest BCUT2D eigenvalue weighted by molar-refractivity contribution is 5.66. The molecule has 1 rings (SSSR count). The summed E-state index contributed by atoms with van der Waals surface area (Å²) in [4.78, 5) is 10.4. The molecule has 1 aliphatic rings. The van der Waals surface area contributed by atoms with E-state index in [4.69, 9.17) is 10.8 Å². The van der Waals surface area contributed by atoms with Crippen molar-refractivity contribution >= 4 is 5.97 Å². The van der Waals surface area contributed by atoms with Gasteiger partial charge in [-0.2, -0.15) is 0 Å². The lowest BCUT2D eigenvalue weighted by molar-refractivity contribution is -0.137. The van der Waals surface area contributed by atoms with Gasteiger partial charge in [0.15, 0.2) is 0 Å². The third-order valence-electron chi connectivity index (χ3n) is 3.24. The zero-order chi connectivity index (χ0) is 10.4. The van der Waals surface area contributed by atoms with Crippen molar-refractivity contribution in [3.63, 3.8) is 0 Å². The second-order valence-corrected chi connectivity index (χ2v) is 4.42. The fraction of sp³-hybridized carbons (Fsp3) is 0.909. The molecule has 1 saturated carbocycles. The van der Waals surface area contributed by atoms with E-state index in [9.17, 15) is 4.79 Å². The van der Waals surface area contributed by atoms with Gasteiger partial charge in [-0.25, -0.2) is 0 Å². The maximum atomic E-state index is 10.4. The van der Waals surface area contributed by atoms with Gasteiger partial charge in [0.05, 0.1) is 0 Å². The van der Waals surface area contributed by atoms with Gasteiger partial charge in [-0.05, 0) is 31.2 Å². The molecule has 0 spiro atoms. The molecule has 1 fully saturated rings. The minimum absolute atomic E-state index is 0.272. The maximum Gasteiger partial charge on any atom is 0.303 e. The third-order valence-corrected chi connectivity index (χ3v) is 3.24. The summed E-state index contributed by atoms with van der Waals surface area (Å²) < 4.78 is 0. The Labute approximate surface area is 85.7 Å². The van der Waals surface area contributed by atoms with Crippen molar-refractivity contribution in [3.8, 4) is 0 Å². The van der Waals surface area contributed by atoms with Crippen LogP contribution in [-0.4, -0.2) is 17.6 Å². The van der Waals surface area contributed by atoms with Crippen molar-refractivity contribution in [1.82, 2.24) is 0 Å². The van der Waals surface area contributed by atoms with Crippen LogP contribution in [0.25, 0.3) is 0 Å². The van der Waals surface area contributed by atoms with Crippen molar-refractivity contribution in [1.29, 1.82) is 0 Å². The van der Waals surface area contributed by atoms with Crippen molar-refractivity contribution in [2.45, 2.75) is 44.9 Å². The monoisotopic (exact) mass is 199 g/mol. The molecule has 1 aliphatic carbocycles. The van der Waals surface area contributed by atoms with E-state index < -0.39 is 5.97 Å². The normalized spacial score (nSPS) is 19.8. The topological polar surface area (TPSA) is 63.3 Å². The highest BCUT2D eigenvalue weighted by Gasteiger charge is 2.19. The lowest BCUT2D eigenvalue weighted by atomic mass is 9.90. The van der Waals surface area contributed by atoms with Crippen LogP contribution in [0.4, 0.5) is 0 Å². The molecule has 14 heavy (non-hydrogen) atoms. The highest BCUT2D eigenvalue weighted by atomic mass is 16.4. The van der Waals surface area contributed by atoms with E-state index in [-0.39, 0.29) is 6.42 Å². The standard InChI is InChI=1S/C11H21NO2/c12-8-10(5-6-11(13)14)7-9-3-1-2-4-9/h9-10H,1-8,12H2,(H,13,14). The number of nitrogens with two attached hydrogens (primary N) is 1. The molecule has 0 saturated heterocycles. The molecule has 0 aromatic rings. The van der Waals surface area contributed by atoms with Crippen LogP contribution in [0.1, 0.15) is 44.9 Å². The second-order valence-electron chi connectivity index (χ2n) is 4.42. The first-order valence-corrected chi connectivity index (χ1v) is 5.64. The van der Waals surface area contributed by atoms with E-state index in [2.05, 4.69) is 0 Å². The summed E-state index contributed by atoms with van der Waals surface area (Å²) in [6.07, 6.45) is 7.51. The molecule has 3 N–H and O–H groups in total. The van der Waals surface area contributed by atoms with Crippen LogP contribution in [0.3, 0.4) is 0 Å². The molecule has 3 nitrogen and oxygen atoms in total. The van der Waals surface area contributed by atoms with Crippen molar-refractivity contribution in [2.75, 3.05) is 6.54 Å². The molecule has 0 bridgehead atoms. The maximum absolute atomic E-state index is 10.4. The van der Waals surface area contributed by atoms with Gasteiger partial charge in [0.1, 0.15) is 0 Å². The van der Waals surface area contributed by atoms with Gasteiger partial charge in [-0.3, -0.25) is 4.79 Å². The fourth-order valence-corrected chi connectivity index (χ4v) is 2.38. The lowest BCUT2D eigenvalue weighted by Gasteiger charge is -2.17. The lowest BCUT2D eigenvalue weighted by Crippen LogP contribution is -2.18. The molecule has 0 aliphatic heterocycles. The zero-order valence-electron chi connectivity index (χ0n) is 8.74. The van der Waals surface area contributed by atoms with Gasteiger partial charge >= 0.3 is 5.97 Å². The summed E-state index contributed by atoms with van der Waals surface area (Å²) in [5.74, 6) is 0.543. The van der Waals surface area contributed by atoms with E-state index >= 15 is 0 Å². The van der Waals surface area contributed by atoms with E-state index in [1.54, 1.807) is 0 Å². The summed E-state index contributed by atoms with van der Waals surface area (Å²) in [5, 5.41) is 8.58. The third kappa shape index (κ3) is 4.09. The smallest absolute Gasteiger partial charge is 0.303 e. The Kier molecular flexibility index (Phi) is 4.94. The van der Waals surface area contributed by atoms with Crippen LogP contribution in [0.5, 0.6) is 0 Å². The number of carbonyl (C=O) groups is 1. The summed E-state index contributed by atoms with van der Waals surface area (Å²) in [6, 6.07) is 0. The van der Waals surface area contributed by atoms with E-state index in [1.165, 1.54) is 25.7 Å². The van der Waals surface area contributed by atoms with Gasteiger partial charge in [-0.15, -0.1) is 0 Å². The minimum Gasteiger partial charge on any atom is -0.481 e. The summed E-state index contributed by atoms with van der Waals surface area (Å²) >= 11 is 0. The van der Waals surface area contributed by atoms with Crippen LogP contribution in [0.15, 0.2) is 0 Å². The molecule has 0 aromatic carbocycles. The first-order chi connectivity index (χ1) is 6.72. The Morgan fingerprint density at radius 1 is 1.43 bits per heavy atom. The number of hydrogen-bond donors (Lipinski definition) is 2. The van der Waals surface area contributed by atoms with Gasteiger partial charge in [0.2, 0.25) is 0 Å². The van der Waals surface area contributed by atoms with Gasteiger partial charge in [0.25, 0.3) is 0 Å². The molecule has 1 unspecified atom stereocenters. The van der Waals surface area contributed by atoms with Crippen LogP contribution in [-0.2, 0) is 4.79 Å². The van der Waals surface area contributed by atoms with Crippen molar-refractivity contribution in [2.24, 2.45) is 17.6 Å². The minimum atomic E-state index is -0.699. The molecular formula is C11H21NO2. The second kappa shape index (κ2) is 6.02. The summed E-state index contributed by atoms with van der Waals surface area (Å²) in [5.41, 5.74) is 5.64. The molecular weight excluding hydrogens is 178 g/mol. The Balaban J connectivity index is 2.19. The van der Waals surface area contributed by atoms with Gasteiger partial charge < -0.3 is 10.8 Å². The van der Waals surface area contributed by atoms with Gasteiger partial charge in [-0.1, -0.05) is 25.7 Å². The number of hydrogen-bond acceptors (Lipinski definition) is 2. The molecule has 0 heterocycles.